The largest absolute Gasteiger partial charge is 0.495 e. The molecule has 2 aromatic carbocycles. The number of nitrogens with one attached hydrogen (secondary N) is 1. The summed E-state index contributed by atoms with van der Waals surface area (Å²) in [6.07, 6.45) is 8.62. The molecule has 1 aliphatic carbocycles. The van der Waals surface area contributed by atoms with Crippen LogP contribution in [0.25, 0.3) is 0 Å². The molecule has 2 aromatic rings. The molecule has 1 saturated carbocycles. The van der Waals surface area contributed by atoms with E-state index < -0.39 is 0 Å². The average Bonchev–Trinajstić information content (AvgIpc) is 3.81. The Bertz CT molecular complexity index is 1190. The van der Waals surface area contributed by atoms with Gasteiger partial charge in [-0.25, -0.2) is 0 Å². The van der Waals surface area contributed by atoms with E-state index in [0.29, 0.717) is 56.3 Å². The maximum atomic E-state index is 12.4. The number of ether oxygens (including phenoxy) is 5. The summed E-state index contributed by atoms with van der Waals surface area (Å²) in [5.74, 6) is 3.42. The number of amides is 1. The van der Waals surface area contributed by atoms with Crippen LogP contribution in [0.15, 0.2) is 24.3 Å². The zero-order chi connectivity index (χ0) is 29.2. The van der Waals surface area contributed by atoms with Crippen molar-refractivity contribution >= 4 is 11.9 Å². The molecule has 1 heterocycles. The fraction of sp³-hybridized carbons (Fsp3) is 0.576. The highest BCUT2D eigenvalue weighted by Crippen LogP contribution is 2.41. The van der Waals surface area contributed by atoms with E-state index in [1.807, 2.05) is 13.0 Å². The number of carbonyl (C=O) groups is 2. The first kappa shape index (κ1) is 30.5. The third-order valence-electron chi connectivity index (χ3n) is 7.68. The Balaban J connectivity index is 1.37. The van der Waals surface area contributed by atoms with Crippen LogP contribution in [0, 0.1) is 5.92 Å². The molecule has 0 aromatic heterocycles. The van der Waals surface area contributed by atoms with Crippen molar-refractivity contribution in [1.29, 1.82) is 0 Å². The number of methoxy groups -OCH3 is 1. The third kappa shape index (κ3) is 8.08. The first-order chi connectivity index (χ1) is 20.0. The van der Waals surface area contributed by atoms with Crippen molar-refractivity contribution in [3.8, 4) is 23.0 Å². The Labute approximate surface area is 244 Å². The summed E-state index contributed by atoms with van der Waals surface area (Å²) >= 11 is 0. The van der Waals surface area contributed by atoms with Gasteiger partial charge >= 0.3 is 5.97 Å². The molecule has 0 saturated heterocycles. The molecule has 0 spiro atoms. The molecule has 0 radical (unpaired) electrons. The fourth-order valence-electron chi connectivity index (χ4n) is 5.40. The van der Waals surface area contributed by atoms with Gasteiger partial charge in [-0.15, -0.1) is 0 Å². The molecule has 1 atom stereocenters. The van der Waals surface area contributed by atoms with Crippen LogP contribution < -0.4 is 24.3 Å². The lowest BCUT2D eigenvalue weighted by Crippen LogP contribution is -2.25. The Morgan fingerprint density at radius 2 is 1.73 bits per heavy atom. The Morgan fingerprint density at radius 1 is 1.00 bits per heavy atom. The zero-order valence-electron chi connectivity index (χ0n) is 25.0. The standard InChI is InChI=1S/C33H45NO7/c1-5-8-25-28(16-12-23-11-13-24(41-31(23)25)14-18-30(35)38-6-2)39-19-7-20-40-29-17-15-26(33(36)34-3)32(37-4)27(29)21-22-9-10-22/h12,15-17,22,24H,5-11,13-14,18-21H2,1-4H3,(H,34,36). The van der Waals surface area contributed by atoms with Gasteiger partial charge in [0.1, 0.15) is 23.0 Å². The monoisotopic (exact) mass is 567 g/mol. The molecular weight excluding hydrogens is 522 g/mol. The summed E-state index contributed by atoms with van der Waals surface area (Å²) in [5, 5.41) is 2.69. The lowest BCUT2D eigenvalue weighted by molar-refractivity contribution is -0.143. The van der Waals surface area contributed by atoms with Crippen molar-refractivity contribution in [3.05, 3.63) is 46.5 Å². The van der Waals surface area contributed by atoms with Gasteiger partial charge in [0.15, 0.2) is 0 Å². The second-order valence-electron chi connectivity index (χ2n) is 10.8. The van der Waals surface area contributed by atoms with Crippen molar-refractivity contribution in [3.63, 3.8) is 0 Å². The summed E-state index contributed by atoms with van der Waals surface area (Å²) in [6.45, 7) is 5.37. The van der Waals surface area contributed by atoms with E-state index in [-0.39, 0.29) is 18.0 Å². The lowest BCUT2D eigenvalue weighted by atomic mass is 9.95. The molecule has 224 valence electrons. The van der Waals surface area contributed by atoms with Crippen molar-refractivity contribution in [1.82, 2.24) is 5.32 Å². The SMILES string of the molecule is CCCc1c(OCCCOc2ccc(C(=O)NC)c(OC)c2CC2CC2)ccc2c1OC(CCC(=O)OCC)CC2. The maximum absolute atomic E-state index is 12.4. The summed E-state index contributed by atoms with van der Waals surface area (Å²) in [6, 6.07) is 7.81. The fourth-order valence-corrected chi connectivity index (χ4v) is 5.40. The zero-order valence-corrected chi connectivity index (χ0v) is 25.0. The quantitative estimate of drug-likeness (QED) is 0.201. The lowest BCUT2D eigenvalue weighted by Gasteiger charge is -2.29. The number of esters is 1. The number of aryl methyl sites for hydroxylation is 1. The van der Waals surface area contributed by atoms with E-state index in [0.717, 1.165) is 60.5 Å². The molecule has 1 unspecified atom stereocenters. The highest BCUT2D eigenvalue weighted by atomic mass is 16.5. The summed E-state index contributed by atoms with van der Waals surface area (Å²) < 4.78 is 29.7. The minimum absolute atomic E-state index is 0.00257. The van der Waals surface area contributed by atoms with Crippen LogP contribution in [0.4, 0.5) is 0 Å². The average molecular weight is 568 g/mol. The Hall–Kier alpha value is -3.42. The summed E-state index contributed by atoms with van der Waals surface area (Å²) in [4.78, 5) is 24.2. The Kier molecular flexibility index (Phi) is 11.2. The third-order valence-corrected chi connectivity index (χ3v) is 7.68. The molecular formula is C33H45NO7. The number of rotatable bonds is 16. The van der Waals surface area contributed by atoms with Crippen molar-refractivity contribution in [2.75, 3.05) is 34.0 Å². The van der Waals surface area contributed by atoms with E-state index in [4.69, 9.17) is 23.7 Å². The molecule has 1 N–H and O–H groups in total. The number of hydrogen-bond donors (Lipinski definition) is 1. The van der Waals surface area contributed by atoms with E-state index in [2.05, 4.69) is 24.4 Å². The van der Waals surface area contributed by atoms with Gasteiger partial charge in [0.2, 0.25) is 0 Å². The van der Waals surface area contributed by atoms with Gasteiger partial charge < -0.3 is 29.0 Å². The molecule has 0 bridgehead atoms. The second kappa shape index (κ2) is 15.0. The predicted octanol–water partition coefficient (Wildman–Crippen LogP) is 5.84. The topological polar surface area (TPSA) is 92.3 Å². The van der Waals surface area contributed by atoms with E-state index in [1.165, 1.54) is 18.4 Å². The van der Waals surface area contributed by atoms with Crippen molar-refractivity contribution < 1.29 is 33.3 Å². The molecule has 4 rings (SSSR count). The van der Waals surface area contributed by atoms with Crippen LogP contribution in [0.2, 0.25) is 0 Å². The van der Waals surface area contributed by atoms with Crippen LogP contribution in [0.5, 0.6) is 23.0 Å². The van der Waals surface area contributed by atoms with Crippen molar-refractivity contribution in [2.24, 2.45) is 5.92 Å². The first-order valence-corrected chi connectivity index (χ1v) is 15.1. The highest BCUT2D eigenvalue weighted by Gasteiger charge is 2.28. The van der Waals surface area contributed by atoms with Gasteiger partial charge in [-0.1, -0.05) is 19.4 Å². The number of carbonyl (C=O) groups excluding carboxylic acids is 2. The van der Waals surface area contributed by atoms with Gasteiger partial charge in [-0.05, 0) is 81.5 Å². The normalized spacial score (nSPS) is 15.9. The minimum Gasteiger partial charge on any atom is -0.495 e. The van der Waals surface area contributed by atoms with Crippen LogP contribution in [-0.2, 0) is 28.8 Å². The van der Waals surface area contributed by atoms with Gasteiger partial charge in [-0.3, -0.25) is 9.59 Å². The van der Waals surface area contributed by atoms with Crippen LogP contribution in [-0.4, -0.2) is 52.0 Å². The van der Waals surface area contributed by atoms with Gasteiger partial charge in [-0.2, -0.15) is 0 Å². The number of fused-ring (bicyclic) bond motifs is 1. The summed E-state index contributed by atoms with van der Waals surface area (Å²) in [5.41, 5.74) is 3.80. The van der Waals surface area contributed by atoms with E-state index >= 15 is 0 Å². The van der Waals surface area contributed by atoms with Gasteiger partial charge in [0.25, 0.3) is 5.91 Å². The smallest absolute Gasteiger partial charge is 0.305 e. The van der Waals surface area contributed by atoms with Gasteiger partial charge in [0.05, 0.1) is 38.6 Å². The van der Waals surface area contributed by atoms with Crippen LogP contribution >= 0.6 is 0 Å². The summed E-state index contributed by atoms with van der Waals surface area (Å²) in [7, 11) is 3.23. The van der Waals surface area contributed by atoms with E-state index in [9.17, 15) is 9.59 Å². The maximum Gasteiger partial charge on any atom is 0.305 e. The molecule has 1 aliphatic heterocycles. The molecule has 1 fully saturated rings. The van der Waals surface area contributed by atoms with E-state index in [1.54, 1.807) is 20.2 Å². The van der Waals surface area contributed by atoms with Crippen molar-refractivity contribution in [2.45, 2.75) is 84.2 Å². The van der Waals surface area contributed by atoms with Gasteiger partial charge in [0, 0.05) is 31.0 Å². The number of hydrogen-bond acceptors (Lipinski definition) is 7. The van der Waals surface area contributed by atoms with Crippen LogP contribution in [0.1, 0.15) is 85.8 Å². The predicted molar refractivity (Wildman–Crippen MR) is 157 cm³/mol. The molecule has 41 heavy (non-hydrogen) atoms. The molecule has 8 heteroatoms. The highest BCUT2D eigenvalue weighted by molar-refractivity contribution is 5.97. The first-order valence-electron chi connectivity index (χ1n) is 15.1. The second-order valence-corrected chi connectivity index (χ2v) is 10.8. The molecule has 8 nitrogen and oxygen atoms in total. The molecule has 1 amide bonds. The Morgan fingerprint density at radius 3 is 2.39 bits per heavy atom. The van der Waals surface area contributed by atoms with Crippen LogP contribution in [0.3, 0.4) is 0 Å². The number of benzene rings is 2. The molecule has 2 aliphatic rings. The minimum atomic E-state index is -0.171.